The fraction of sp³-hybridized carbons (Fsp3) is 0.381. The fourth-order valence-electron chi connectivity index (χ4n) is 3.35. The molecule has 1 fully saturated rings. The second kappa shape index (κ2) is 7.12. The van der Waals surface area contributed by atoms with Crippen molar-refractivity contribution in [2.45, 2.75) is 19.3 Å². The van der Waals surface area contributed by atoms with Gasteiger partial charge in [-0.15, -0.1) is 0 Å². The van der Waals surface area contributed by atoms with Crippen LogP contribution >= 0.6 is 0 Å². The van der Waals surface area contributed by atoms with Gasteiger partial charge < -0.3 is 24.4 Å². The van der Waals surface area contributed by atoms with Crippen molar-refractivity contribution in [3.8, 4) is 11.5 Å². The Bertz CT molecular complexity index is 844. The predicted molar refractivity (Wildman–Crippen MR) is 104 cm³/mol. The van der Waals surface area contributed by atoms with E-state index in [0.717, 1.165) is 30.0 Å². The van der Waals surface area contributed by atoms with Crippen LogP contribution in [0.4, 0.5) is 11.4 Å². The van der Waals surface area contributed by atoms with Gasteiger partial charge in [0.25, 0.3) is 0 Å². The van der Waals surface area contributed by atoms with Gasteiger partial charge in [-0.3, -0.25) is 4.79 Å². The summed E-state index contributed by atoms with van der Waals surface area (Å²) >= 11 is 0. The number of morpholine rings is 1. The molecule has 0 aliphatic carbocycles. The van der Waals surface area contributed by atoms with E-state index in [-0.39, 0.29) is 12.7 Å². The van der Waals surface area contributed by atoms with Gasteiger partial charge in [-0.25, -0.2) is 0 Å². The van der Waals surface area contributed by atoms with Crippen molar-refractivity contribution < 1.29 is 19.0 Å². The molecule has 0 spiro atoms. The number of ether oxygens (including phenoxy) is 3. The molecule has 2 aromatic rings. The number of fused-ring (bicyclic) bond motifs is 1. The number of anilines is 2. The monoisotopic (exact) mass is 368 g/mol. The molecule has 6 heteroatoms. The third-order valence-electron chi connectivity index (χ3n) is 5.17. The van der Waals surface area contributed by atoms with Gasteiger partial charge in [0.2, 0.25) is 12.7 Å². The first-order valence-corrected chi connectivity index (χ1v) is 9.19. The summed E-state index contributed by atoms with van der Waals surface area (Å²) in [7, 11) is 0. The van der Waals surface area contributed by atoms with Crippen molar-refractivity contribution in [2.24, 2.45) is 0 Å². The lowest BCUT2D eigenvalue weighted by Gasteiger charge is -2.31. The zero-order valence-corrected chi connectivity index (χ0v) is 15.7. The van der Waals surface area contributed by atoms with Gasteiger partial charge in [-0.2, -0.15) is 0 Å². The van der Waals surface area contributed by atoms with E-state index in [9.17, 15) is 4.79 Å². The summed E-state index contributed by atoms with van der Waals surface area (Å²) in [6.07, 6.45) is 0. The lowest BCUT2D eigenvalue weighted by atomic mass is 9.83. The highest BCUT2D eigenvalue weighted by Gasteiger charge is 2.32. The summed E-state index contributed by atoms with van der Waals surface area (Å²) in [5, 5.41) is 3.12. The molecule has 0 radical (unpaired) electrons. The topological polar surface area (TPSA) is 60.0 Å². The van der Waals surface area contributed by atoms with E-state index in [1.165, 1.54) is 0 Å². The van der Waals surface area contributed by atoms with Crippen LogP contribution in [0.2, 0.25) is 0 Å². The molecule has 0 saturated carbocycles. The minimum absolute atomic E-state index is 0.0675. The van der Waals surface area contributed by atoms with E-state index < -0.39 is 5.41 Å². The molecule has 2 aliphatic rings. The Balaban J connectivity index is 1.56. The lowest BCUT2D eigenvalue weighted by molar-refractivity contribution is -0.120. The maximum atomic E-state index is 13.1. The first-order chi connectivity index (χ1) is 13.1. The zero-order chi connectivity index (χ0) is 18.9. The molecule has 4 rings (SSSR count). The Morgan fingerprint density at radius 2 is 1.78 bits per heavy atom. The van der Waals surface area contributed by atoms with Gasteiger partial charge in [-0.1, -0.05) is 18.2 Å². The van der Waals surface area contributed by atoms with E-state index >= 15 is 0 Å². The maximum Gasteiger partial charge on any atom is 0.234 e. The quantitative estimate of drug-likeness (QED) is 0.898. The summed E-state index contributed by atoms with van der Waals surface area (Å²) in [5.41, 5.74) is 2.00. The number of carbonyl (C=O) groups is 1. The minimum atomic E-state index is -0.723. The van der Waals surface area contributed by atoms with E-state index in [4.69, 9.17) is 14.2 Å². The molecule has 27 heavy (non-hydrogen) atoms. The summed E-state index contributed by atoms with van der Waals surface area (Å²) in [6, 6.07) is 13.6. The van der Waals surface area contributed by atoms with Crippen LogP contribution in [0.3, 0.4) is 0 Å². The van der Waals surface area contributed by atoms with Crippen LogP contribution < -0.4 is 19.7 Å². The number of hydrogen-bond acceptors (Lipinski definition) is 5. The molecule has 6 nitrogen and oxygen atoms in total. The highest BCUT2D eigenvalue weighted by Crippen LogP contribution is 2.37. The smallest absolute Gasteiger partial charge is 0.234 e. The molecular formula is C21H24N2O4. The second-order valence-corrected chi connectivity index (χ2v) is 7.26. The first kappa shape index (κ1) is 17.7. The average Bonchev–Trinajstić information content (AvgIpc) is 3.17. The number of nitrogens with zero attached hydrogens (tertiary/aromatic N) is 1. The standard InChI is InChI=1S/C21H24N2O4/c1-21(2,15-7-8-18-19(13-15)27-14-26-18)20(24)22-16-5-3-4-6-17(16)23-9-11-25-12-10-23/h3-8,13H,9-12,14H2,1-2H3,(H,22,24). The summed E-state index contributed by atoms with van der Waals surface area (Å²) in [4.78, 5) is 15.4. The van der Waals surface area contributed by atoms with Crippen molar-refractivity contribution >= 4 is 17.3 Å². The van der Waals surface area contributed by atoms with Crippen molar-refractivity contribution in [3.05, 3.63) is 48.0 Å². The van der Waals surface area contributed by atoms with Crippen LogP contribution in [-0.2, 0) is 14.9 Å². The molecule has 142 valence electrons. The Kier molecular flexibility index (Phi) is 4.66. The molecule has 2 aliphatic heterocycles. The van der Waals surface area contributed by atoms with Crippen molar-refractivity contribution in [2.75, 3.05) is 43.3 Å². The van der Waals surface area contributed by atoms with Crippen molar-refractivity contribution in [3.63, 3.8) is 0 Å². The van der Waals surface area contributed by atoms with E-state index in [0.29, 0.717) is 24.7 Å². The van der Waals surface area contributed by atoms with Crippen LogP contribution in [0.15, 0.2) is 42.5 Å². The number of hydrogen-bond donors (Lipinski definition) is 1. The van der Waals surface area contributed by atoms with Gasteiger partial charge >= 0.3 is 0 Å². The molecule has 1 N–H and O–H groups in total. The molecule has 0 bridgehead atoms. The molecular weight excluding hydrogens is 344 g/mol. The van der Waals surface area contributed by atoms with Gasteiger partial charge in [0.05, 0.1) is 30.0 Å². The fourth-order valence-corrected chi connectivity index (χ4v) is 3.35. The van der Waals surface area contributed by atoms with Gasteiger partial charge in [0.1, 0.15) is 0 Å². The Morgan fingerprint density at radius 1 is 1.04 bits per heavy atom. The average molecular weight is 368 g/mol. The molecule has 2 aromatic carbocycles. The third-order valence-corrected chi connectivity index (χ3v) is 5.17. The first-order valence-electron chi connectivity index (χ1n) is 9.19. The Hall–Kier alpha value is -2.73. The Morgan fingerprint density at radius 3 is 2.59 bits per heavy atom. The van der Waals surface area contributed by atoms with E-state index in [1.54, 1.807) is 0 Å². The number of nitrogens with one attached hydrogen (secondary N) is 1. The molecule has 0 unspecified atom stereocenters. The normalized spacial score (nSPS) is 16.3. The predicted octanol–water partition coefficient (Wildman–Crippen LogP) is 3.17. The molecule has 2 heterocycles. The maximum absolute atomic E-state index is 13.1. The van der Waals surface area contributed by atoms with Crippen molar-refractivity contribution in [1.29, 1.82) is 0 Å². The Labute approximate surface area is 159 Å². The third kappa shape index (κ3) is 3.45. The van der Waals surface area contributed by atoms with Crippen LogP contribution in [0, 0.1) is 0 Å². The van der Waals surface area contributed by atoms with Crippen LogP contribution in [0.1, 0.15) is 19.4 Å². The van der Waals surface area contributed by atoms with Crippen LogP contribution in [-0.4, -0.2) is 39.0 Å². The number of benzene rings is 2. The van der Waals surface area contributed by atoms with Gasteiger partial charge in [-0.05, 0) is 43.7 Å². The molecule has 1 saturated heterocycles. The van der Waals surface area contributed by atoms with Gasteiger partial charge in [0.15, 0.2) is 11.5 Å². The number of amides is 1. The summed E-state index contributed by atoms with van der Waals surface area (Å²) in [5.74, 6) is 1.33. The molecule has 0 aromatic heterocycles. The molecule has 0 atom stereocenters. The minimum Gasteiger partial charge on any atom is -0.454 e. The summed E-state index contributed by atoms with van der Waals surface area (Å²) in [6.45, 7) is 7.08. The van der Waals surface area contributed by atoms with Gasteiger partial charge in [0, 0.05) is 13.1 Å². The van der Waals surface area contributed by atoms with E-state index in [1.807, 2.05) is 56.3 Å². The number of rotatable bonds is 4. The van der Waals surface area contributed by atoms with E-state index in [2.05, 4.69) is 10.2 Å². The number of para-hydroxylation sites is 2. The zero-order valence-electron chi connectivity index (χ0n) is 15.7. The largest absolute Gasteiger partial charge is 0.454 e. The van der Waals surface area contributed by atoms with Crippen LogP contribution in [0.25, 0.3) is 0 Å². The second-order valence-electron chi connectivity index (χ2n) is 7.26. The highest BCUT2D eigenvalue weighted by molar-refractivity contribution is 6.01. The summed E-state index contributed by atoms with van der Waals surface area (Å²) < 4.78 is 16.3. The highest BCUT2D eigenvalue weighted by atomic mass is 16.7. The number of carbonyl (C=O) groups excluding carboxylic acids is 1. The lowest BCUT2D eigenvalue weighted by Crippen LogP contribution is -2.38. The van der Waals surface area contributed by atoms with Crippen molar-refractivity contribution in [1.82, 2.24) is 0 Å². The van der Waals surface area contributed by atoms with Crippen LogP contribution in [0.5, 0.6) is 11.5 Å². The SMILES string of the molecule is CC(C)(C(=O)Nc1ccccc1N1CCOCC1)c1ccc2c(c1)OCO2. The molecule has 1 amide bonds.